The Morgan fingerprint density at radius 3 is 2.45 bits per heavy atom. The fourth-order valence-corrected chi connectivity index (χ4v) is 9.09. The minimum Gasteiger partial charge on any atom is -0.508 e. The van der Waals surface area contributed by atoms with Crippen molar-refractivity contribution in [2.24, 2.45) is 29.1 Å². The molecular formula is C34H34ClFN2O6. The smallest absolute Gasteiger partial charge is 0.241 e. The van der Waals surface area contributed by atoms with Crippen LogP contribution >= 0.6 is 11.6 Å². The lowest BCUT2D eigenvalue weighted by molar-refractivity contribution is -0.144. The number of halogens is 2. The number of methoxy groups -OCH3 is 1. The number of fused-ring (bicyclic) bond motifs is 4. The molecule has 0 aromatic heterocycles. The van der Waals surface area contributed by atoms with Gasteiger partial charge in [-0.3, -0.25) is 24.1 Å². The van der Waals surface area contributed by atoms with E-state index in [9.17, 15) is 28.7 Å². The van der Waals surface area contributed by atoms with Crippen LogP contribution in [0.1, 0.15) is 63.4 Å². The van der Waals surface area contributed by atoms with Gasteiger partial charge in [-0.05, 0) is 68.9 Å². The molecule has 2 aliphatic heterocycles. The van der Waals surface area contributed by atoms with Crippen LogP contribution in [0.3, 0.4) is 0 Å². The number of hydrogen-bond acceptors (Lipinski definition) is 6. The topological polar surface area (TPSA) is 104 Å². The first-order valence-corrected chi connectivity index (χ1v) is 15.7. The zero-order valence-corrected chi connectivity index (χ0v) is 25.4. The van der Waals surface area contributed by atoms with Gasteiger partial charge >= 0.3 is 0 Å². The maximum Gasteiger partial charge on any atom is 0.241 e. The number of aromatic hydroxyl groups is 1. The lowest BCUT2D eigenvalue weighted by Gasteiger charge is -2.49. The molecule has 1 N–H and O–H groups in total. The molecule has 6 unspecified atom stereocenters. The summed E-state index contributed by atoms with van der Waals surface area (Å²) in [5.41, 5.74) is -0.113. The molecule has 4 amide bonds. The molecule has 7 rings (SSSR count). The van der Waals surface area contributed by atoms with Crippen LogP contribution in [0.15, 0.2) is 48.0 Å². The zero-order chi connectivity index (χ0) is 31.1. The fourth-order valence-electron chi connectivity index (χ4n) is 8.92. The number of phenols is 1. The van der Waals surface area contributed by atoms with Crippen molar-refractivity contribution in [1.29, 1.82) is 0 Å². The summed E-state index contributed by atoms with van der Waals surface area (Å²) in [6.45, 7) is 1.72. The first kappa shape index (κ1) is 29.0. The van der Waals surface area contributed by atoms with Gasteiger partial charge in [-0.2, -0.15) is 0 Å². The van der Waals surface area contributed by atoms with Gasteiger partial charge in [0, 0.05) is 17.5 Å². The monoisotopic (exact) mass is 620 g/mol. The minimum absolute atomic E-state index is 0.0980. The second-order valence-electron chi connectivity index (χ2n) is 13.0. The van der Waals surface area contributed by atoms with E-state index in [1.807, 2.05) is 6.08 Å². The van der Waals surface area contributed by atoms with Gasteiger partial charge in [0.2, 0.25) is 23.6 Å². The van der Waals surface area contributed by atoms with Gasteiger partial charge in [-0.25, -0.2) is 9.29 Å². The van der Waals surface area contributed by atoms with Crippen LogP contribution in [0.25, 0.3) is 0 Å². The van der Waals surface area contributed by atoms with Crippen molar-refractivity contribution >= 4 is 40.9 Å². The SMILES string of the molecule is COc1cccc(O)c1C1C2=CCC3C(=O)N(C4CCCCC4)C(=O)C3C2CC2C(=O)N(c3ccc(F)c(Cl)c3)C(=O)C21C. The number of carbonyl (C=O) groups is 4. The fraction of sp³-hybridized carbons (Fsp3) is 0.471. The van der Waals surface area contributed by atoms with E-state index in [-0.39, 0.29) is 40.7 Å². The van der Waals surface area contributed by atoms with E-state index in [4.69, 9.17) is 16.3 Å². The predicted molar refractivity (Wildman–Crippen MR) is 159 cm³/mol. The van der Waals surface area contributed by atoms with Crippen LogP contribution in [0.2, 0.25) is 5.02 Å². The average molecular weight is 621 g/mol. The van der Waals surface area contributed by atoms with Crippen molar-refractivity contribution in [3.8, 4) is 11.5 Å². The number of hydrogen-bond donors (Lipinski definition) is 1. The minimum atomic E-state index is -1.38. The van der Waals surface area contributed by atoms with Crippen molar-refractivity contribution in [3.05, 3.63) is 64.5 Å². The molecular weight excluding hydrogens is 587 g/mol. The van der Waals surface area contributed by atoms with Crippen molar-refractivity contribution in [2.75, 3.05) is 12.0 Å². The summed E-state index contributed by atoms with van der Waals surface area (Å²) >= 11 is 6.07. The molecule has 230 valence electrons. The summed E-state index contributed by atoms with van der Waals surface area (Å²) in [7, 11) is 1.47. The Bertz CT molecular complexity index is 1640. The average Bonchev–Trinajstić information content (AvgIpc) is 3.39. The lowest BCUT2D eigenvalue weighted by atomic mass is 9.51. The first-order valence-electron chi connectivity index (χ1n) is 15.4. The molecule has 2 aromatic carbocycles. The van der Waals surface area contributed by atoms with Crippen molar-refractivity contribution in [1.82, 2.24) is 4.90 Å². The number of likely N-dealkylation sites (tertiary alicyclic amines) is 1. The standard InChI is InChI=1S/C34H34ClFN2O6/c1-34-22(31(41)38(33(34)43)18-11-14-24(36)23(35)15-18)16-21-19(29(34)28-25(39)9-6-10-26(28)44-2)12-13-20-27(21)32(42)37(30(20)40)17-7-4-3-5-8-17/h6,9-12,14-15,17,20-22,27,29,39H,3-5,7-8,13,16H2,1-2H3. The van der Waals surface area contributed by atoms with E-state index in [1.165, 1.54) is 30.2 Å². The van der Waals surface area contributed by atoms with E-state index < -0.39 is 52.6 Å². The van der Waals surface area contributed by atoms with Gasteiger partial charge in [0.15, 0.2) is 0 Å². The molecule has 2 aromatic rings. The van der Waals surface area contributed by atoms with Gasteiger partial charge in [-0.1, -0.05) is 48.6 Å². The van der Waals surface area contributed by atoms with Crippen molar-refractivity contribution < 1.29 is 33.4 Å². The van der Waals surface area contributed by atoms with Crippen LogP contribution in [-0.2, 0) is 19.2 Å². The number of benzene rings is 2. The summed E-state index contributed by atoms with van der Waals surface area (Å²) < 4.78 is 19.8. The van der Waals surface area contributed by atoms with E-state index in [0.717, 1.165) is 48.6 Å². The maximum absolute atomic E-state index is 14.5. The molecule has 8 nitrogen and oxygen atoms in total. The van der Waals surface area contributed by atoms with Gasteiger partial charge in [0.1, 0.15) is 17.3 Å². The lowest BCUT2D eigenvalue weighted by Crippen LogP contribution is -2.49. The normalized spacial score (nSPS) is 32.0. The number of imide groups is 2. The van der Waals surface area contributed by atoms with E-state index in [1.54, 1.807) is 19.1 Å². The third-order valence-electron chi connectivity index (χ3n) is 11.0. The second-order valence-corrected chi connectivity index (χ2v) is 13.4. The molecule has 3 aliphatic carbocycles. The molecule has 44 heavy (non-hydrogen) atoms. The van der Waals surface area contributed by atoms with Gasteiger partial charge in [-0.15, -0.1) is 0 Å². The first-order chi connectivity index (χ1) is 21.1. The van der Waals surface area contributed by atoms with Crippen LogP contribution in [0.4, 0.5) is 10.1 Å². The number of carbonyl (C=O) groups excluding carboxylic acids is 4. The summed E-state index contributed by atoms with van der Waals surface area (Å²) in [6, 6.07) is 8.44. The molecule has 4 fully saturated rings. The molecule has 0 bridgehead atoms. The van der Waals surface area contributed by atoms with Crippen LogP contribution in [0, 0.1) is 34.9 Å². The van der Waals surface area contributed by atoms with Crippen molar-refractivity contribution in [2.45, 2.75) is 63.8 Å². The summed E-state index contributed by atoms with van der Waals surface area (Å²) in [5, 5.41) is 11.1. The van der Waals surface area contributed by atoms with Crippen LogP contribution in [0.5, 0.6) is 11.5 Å². The number of amides is 4. The third-order valence-corrected chi connectivity index (χ3v) is 11.3. The maximum atomic E-state index is 14.5. The Morgan fingerprint density at radius 2 is 1.75 bits per heavy atom. The quantitative estimate of drug-likeness (QED) is 0.345. The van der Waals surface area contributed by atoms with Crippen LogP contribution < -0.4 is 9.64 Å². The highest BCUT2D eigenvalue weighted by molar-refractivity contribution is 6.31. The van der Waals surface area contributed by atoms with Gasteiger partial charge in [0.05, 0.1) is 41.0 Å². The van der Waals surface area contributed by atoms with Crippen LogP contribution in [-0.4, -0.2) is 46.8 Å². The highest BCUT2D eigenvalue weighted by Gasteiger charge is 2.68. The number of nitrogens with zero attached hydrogens (tertiary/aromatic N) is 2. The largest absolute Gasteiger partial charge is 0.508 e. The van der Waals surface area contributed by atoms with Gasteiger partial charge in [0.25, 0.3) is 0 Å². The Hall–Kier alpha value is -3.72. The Balaban J connectivity index is 1.38. The summed E-state index contributed by atoms with van der Waals surface area (Å²) in [6.07, 6.45) is 7.09. The number of phenolic OH excluding ortho intramolecular Hbond substituents is 1. The third kappa shape index (κ3) is 3.93. The number of allylic oxidation sites excluding steroid dienone is 2. The predicted octanol–water partition coefficient (Wildman–Crippen LogP) is 5.76. The summed E-state index contributed by atoms with van der Waals surface area (Å²) in [5.74, 6) is -5.18. The Morgan fingerprint density at radius 1 is 1.00 bits per heavy atom. The Kier molecular flexibility index (Phi) is 6.88. The number of anilines is 1. The number of ether oxygens (including phenoxy) is 1. The molecule has 0 radical (unpaired) electrons. The molecule has 6 atom stereocenters. The zero-order valence-electron chi connectivity index (χ0n) is 24.6. The molecule has 2 saturated carbocycles. The second kappa shape index (κ2) is 10.4. The van der Waals surface area contributed by atoms with E-state index >= 15 is 0 Å². The highest BCUT2D eigenvalue weighted by atomic mass is 35.5. The Labute approximate surface area is 259 Å². The van der Waals surface area contributed by atoms with E-state index in [2.05, 4.69) is 0 Å². The molecule has 2 heterocycles. The molecule has 2 saturated heterocycles. The van der Waals surface area contributed by atoms with Gasteiger partial charge < -0.3 is 9.84 Å². The molecule has 5 aliphatic rings. The number of rotatable bonds is 4. The summed E-state index contributed by atoms with van der Waals surface area (Å²) in [4.78, 5) is 59.4. The molecule has 0 spiro atoms. The highest BCUT2D eigenvalue weighted by Crippen LogP contribution is 2.65. The molecule has 10 heteroatoms. The van der Waals surface area contributed by atoms with Crippen molar-refractivity contribution in [3.63, 3.8) is 0 Å². The van der Waals surface area contributed by atoms with E-state index in [0.29, 0.717) is 17.7 Å².